The van der Waals surface area contributed by atoms with E-state index in [0.717, 1.165) is 21.5 Å². The van der Waals surface area contributed by atoms with Gasteiger partial charge < -0.3 is 20.1 Å². The first-order chi connectivity index (χ1) is 19.5. The van der Waals surface area contributed by atoms with Crippen LogP contribution in [-0.2, 0) is 16.1 Å². The van der Waals surface area contributed by atoms with Gasteiger partial charge in [-0.2, -0.15) is 0 Å². The summed E-state index contributed by atoms with van der Waals surface area (Å²) in [4.78, 5) is 38.7. The van der Waals surface area contributed by atoms with Gasteiger partial charge in [-0.05, 0) is 61.5 Å². The van der Waals surface area contributed by atoms with E-state index in [2.05, 4.69) is 30.7 Å². The average Bonchev–Trinajstić information content (AvgIpc) is 3.55. The molecule has 5 aromatic rings. The number of ether oxygens (including phenoxy) is 2. The molecule has 0 aliphatic rings. The Hall–Kier alpha value is -4.49. The normalized spacial score (nSPS) is 10.8. The Morgan fingerprint density at radius 2 is 1.75 bits per heavy atom. The van der Waals surface area contributed by atoms with E-state index in [4.69, 9.17) is 9.47 Å². The SMILES string of the molecule is CCOc1ccc2nc(NC(=O)Cn3nc(-c4ccncc4)nc3SCC(=O)Nc3ccc(OC)cc3)sc2c1. The van der Waals surface area contributed by atoms with Gasteiger partial charge in [-0.15, -0.1) is 5.10 Å². The zero-order valence-electron chi connectivity index (χ0n) is 21.7. The smallest absolute Gasteiger partial charge is 0.247 e. The van der Waals surface area contributed by atoms with Gasteiger partial charge in [0.05, 0.1) is 29.7 Å². The van der Waals surface area contributed by atoms with Crippen molar-refractivity contribution in [1.29, 1.82) is 0 Å². The fourth-order valence-electron chi connectivity index (χ4n) is 3.67. The van der Waals surface area contributed by atoms with E-state index in [1.165, 1.54) is 27.8 Å². The number of thioether (sulfide) groups is 1. The zero-order valence-corrected chi connectivity index (χ0v) is 23.3. The van der Waals surface area contributed by atoms with Crippen molar-refractivity contribution >= 4 is 55.9 Å². The van der Waals surface area contributed by atoms with Crippen molar-refractivity contribution in [2.45, 2.75) is 18.6 Å². The van der Waals surface area contributed by atoms with Gasteiger partial charge in [-0.3, -0.25) is 14.6 Å². The van der Waals surface area contributed by atoms with Gasteiger partial charge in [0.1, 0.15) is 18.0 Å². The summed E-state index contributed by atoms with van der Waals surface area (Å²) in [6.45, 7) is 2.38. The first-order valence-electron chi connectivity index (χ1n) is 12.3. The van der Waals surface area contributed by atoms with Crippen LogP contribution in [0.15, 0.2) is 72.1 Å². The van der Waals surface area contributed by atoms with Gasteiger partial charge in [0, 0.05) is 23.6 Å². The molecule has 5 rings (SSSR count). The maximum Gasteiger partial charge on any atom is 0.247 e. The summed E-state index contributed by atoms with van der Waals surface area (Å²) >= 11 is 2.54. The molecule has 0 aliphatic heterocycles. The molecule has 0 aliphatic carbocycles. The van der Waals surface area contributed by atoms with Crippen molar-refractivity contribution < 1.29 is 19.1 Å². The van der Waals surface area contributed by atoms with Crippen LogP contribution in [0, 0.1) is 0 Å². The summed E-state index contributed by atoms with van der Waals surface area (Å²) in [6.07, 6.45) is 3.28. The molecule has 2 N–H and O–H groups in total. The van der Waals surface area contributed by atoms with Gasteiger partial charge in [0.2, 0.25) is 11.8 Å². The van der Waals surface area contributed by atoms with Gasteiger partial charge in [-0.1, -0.05) is 23.1 Å². The third-order valence-electron chi connectivity index (χ3n) is 5.49. The minimum Gasteiger partial charge on any atom is -0.497 e. The van der Waals surface area contributed by atoms with E-state index in [9.17, 15) is 9.59 Å². The van der Waals surface area contributed by atoms with Crippen LogP contribution in [0.2, 0.25) is 0 Å². The number of aromatic nitrogens is 5. The number of nitrogens with zero attached hydrogens (tertiary/aromatic N) is 5. The highest BCUT2D eigenvalue weighted by molar-refractivity contribution is 7.99. The molecule has 3 heterocycles. The monoisotopic (exact) mass is 575 g/mol. The Bertz CT molecular complexity index is 1620. The van der Waals surface area contributed by atoms with Crippen molar-refractivity contribution in [3.8, 4) is 22.9 Å². The maximum atomic E-state index is 13.0. The first-order valence-corrected chi connectivity index (χ1v) is 14.1. The highest BCUT2D eigenvalue weighted by Crippen LogP contribution is 2.29. The summed E-state index contributed by atoms with van der Waals surface area (Å²) in [5.41, 5.74) is 2.16. The van der Waals surface area contributed by atoms with Crippen LogP contribution in [0.25, 0.3) is 21.6 Å². The van der Waals surface area contributed by atoms with Crippen molar-refractivity contribution in [1.82, 2.24) is 24.7 Å². The number of benzene rings is 2. The average molecular weight is 576 g/mol. The Balaban J connectivity index is 1.28. The summed E-state index contributed by atoms with van der Waals surface area (Å²) in [6, 6.07) is 16.2. The molecule has 0 unspecified atom stereocenters. The fourth-order valence-corrected chi connectivity index (χ4v) is 5.32. The number of carbonyl (C=O) groups excluding carboxylic acids is 2. The minimum absolute atomic E-state index is 0.0716. The first kappa shape index (κ1) is 27.1. The molecule has 2 amide bonds. The molecule has 0 fully saturated rings. The summed E-state index contributed by atoms with van der Waals surface area (Å²) in [5.74, 6) is 1.41. The molecule has 0 atom stereocenters. The number of rotatable bonds is 11. The molecule has 11 nitrogen and oxygen atoms in total. The van der Waals surface area contributed by atoms with Gasteiger partial charge >= 0.3 is 0 Å². The minimum atomic E-state index is -0.320. The number of pyridine rings is 1. The predicted molar refractivity (Wildman–Crippen MR) is 155 cm³/mol. The molecule has 0 saturated heterocycles. The molecule has 204 valence electrons. The van der Waals surface area contributed by atoms with Crippen LogP contribution in [-0.4, -0.2) is 56.0 Å². The molecule has 13 heteroatoms. The van der Waals surface area contributed by atoms with Crippen LogP contribution >= 0.6 is 23.1 Å². The lowest BCUT2D eigenvalue weighted by Crippen LogP contribution is -2.20. The Morgan fingerprint density at radius 3 is 2.50 bits per heavy atom. The van der Waals surface area contributed by atoms with Crippen LogP contribution in [0.1, 0.15) is 6.92 Å². The predicted octanol–water partition coefficient (Wildman–Crippen LogP) is 4.73. The molecule has 0 saturated carbocycles. The largest absolute Gasteiger partial charge is 0.497 e. The Kier molecular flexibility index (Phi) is 8.52. The molecule has 3 aromatic heterocycles. The Morgan fingerprint density at radius 1 is 0.975 bits per heavy atom. The van der Waals surface area contributed by atoms with E-state index < -0.39 is 0 Å². The summed E-state index contributed by atoms with van der Waals surface area (Å²) in [5, 5.41) is 11.1. The molecule has 0 bridgehead atoms. The topological polar surface area (TPSA) is 133 Å². The third kappa shape index (κ3) is 6.74. The lowest BCUT2D eigenvalue weighted by Gasteiger charge is -2.07. The quantitative estimate of drug-likeness (QED) is 0.215. The lowest BCUT2D eigenvalue weighted by molar-refractivity contribution is -0.117. The molecular weight excluding hydrogens is 550 g/mol. The second-order valence-corrected chi connectivity index (χ2v) is 10.3. The standard InChI is InChI=1S/C27H25N7O4S2/c1-3-38-20-8-9-21-22(14-20)40-26(30-21)31-23(35)15-34-27(32-25(33-34)17-10-12-28-13-11-17)39-16-24(36)29-18-4-6-19(37-2)7-5-18/h4-14H,3,15-16H2,1-2H3,(H,29,36)(H,30,31,35). The van der Waals surface area contributed by atoms with E-state index in [0.29, 0.717) is 34.2 Å². The number of fused-ring (bicyclic) bond motifs is 1. The molecule has 0 radical (unpaired) electrons. The van der Waals surface area contributed by atoms with Crippen LogP contribution in [0.3, 0.4) is 0 Å². The van der Waals surface area contributed by atoms with E-state index in [1.807, 2.05) is 25.1 Å². The number of nitrogens with one attached hydrogen (secondary N) is 2. The lowest BCUT2D eigenvalue weighted by atomic mass is 10.3. The zero-order chi connectivity index (χ0) is 27.9. The van der Waals surface area contributed by atoms with Gasteiger partial charge in [-0.25, -0.2) is 14.6 Å². The van der Waals surface area contributed by atoms with E-state index in [1.54, 1.807) is 55.9 Å². The fraction of sp³-hybridized carbons (Fsp3) is 0.185. The van der Waals surface area contributed by atoms with E-state index in [-0.39, 0.29) is 24.1 Å². The number of hydrogen-bond donors (Lipinski definition) is 2. The van der Waals surface area contributed by atoms with Crippen molar-refractivity contribution in [2.24, 2.45) is 0 Å². The van der Waals surface area contributed by atoms with Gasteiger partial charge in [0.25, 0.3) is 0 Å². The summed E-state index contributed by atoms with van der Waals surface area (Å²) < 4.78 is 13.1. The molecule has 2 aromatic carbocycles. The Labute approximate surface area is 238 Å². The number of amides is 2. The maximum absolute atomic E-state index is 13.0. The number of anilines is 2. The molecule has 40 heavy (non-hydrogen) atoms. The number of methoxy groups -OCH3 is 1. The highest BCUT2D eigenvalue weighted by Gasteiger charge is 2.18. The van der Waals surface area contributed by atoms with Crippen molar-refractivity contribution in [2.75, 3.05) is 30.1 Å². The van der Waals surface area contributed by atoms with Crippen LogP contribution < -0.4 is 20.1 Å². The van der Waals surface area contributed by atoms with Crippen molar-refractivity contribution in [3.05, 3.63) is 67.0 Å². The number of hydrogen-bond acceptors (Lipinski definition) is 10. The molecule has 0 spiro atoms. The third-order valence-corrected chi connectivity index (χ3v) is 7.39. The highest BCUT2D eigenvalue weighted by atomic mass is 32.2. The summed E-state index contributed by atoms with van der Waals surface area (Å²) in [7, 11) is 1.58. The molecular formula is C27H25N7O4S2. The second-order valence-electron chi connectivity index (χ2n) is 8.31. The second kappa shape index (κ2) is 12.6. The van der Waals surface area contributed by atoms with Gasteiger partial charge in [0.15, 0.2) is 16.1 Å². The number of carbonyl (C=O) groups is 2. The van der Waals surface area contributed by atoms with E-state index >= 15 is 0 Å². The van der Waals surface area contributed by atoms with Crippen LogP contribution in [0.4, 0.5) is 10.8 Å². The van der Waals surface area contributed by atoms with Crippen molar-refractivity contribution in [3.63, 3.8) is 0 Å². The number of thiazole rings is 1. The van der Waals surface area contributed by atoms with Crippen LogP contribution in [0.5, 0.6) is 11.5 Å².